The largest absolute Gasteiger partial charge is 0.485 e. The maximum atomic E-state index is 6.20. The van der Waals surface area contributed by atoms with Crippen molar-refractivity contribution in [2.24, 2.45) is 0 Å². The molecule has 2 aromatic rings. The second kappa shape index (κ2) is 7.10. The summed E-state index contributed by atoms with van der Waals surface area (Å²) in [6.07, 6.45) is 0. The van der Waals surface area contributed by atoms with E-state index in [1.807, 2.05) is 18.4 Å². The summed E-state index contributed by atoms with van der Waals surface area (Å²) >= 11 is 13.8. The summed E-state index contributed by atoms with van der Waals surface area (Å²) in [7, 11) is 0. The van der Waals surface area contributed by atoms with Gasteiger partial charge in [-0.1, -0.05) is 30.1 Å². The van der Waals surface area contributed by atoms with Gasteiger partial charge in [-0.15, -0.1) is 11.3 Å². The molecule has 0 saturated heterocycles. The van der Waals surface area contributed by atoms with Crippen LogP contribution in [0, 0.1) is 0 Å². The van der Waals surface area contributed by atoms with Crippen molar-refractivity contribution in [3.8, 4) is 5.75 Å². The van der Waals surface area contributed by atoms with E-state index in [1.54, 1.807) is 22.9 Å². The quantitative estimate of drug-likeness (QED) is 0.869. The summed E-state index contributed by atoms with van der Waals surface area (Å²) in [5, 5.41) is 6.33. The number of hydrogen-bond donors (Lipinski definition) is 1. The minimum atomic E-state index is 0.407. The average molecular weight is 317 g/mol. The second-order valence-electron chi connectivity index (χ2n) is 3.92. The lowest BCUT2D eigenvalue weighted by Crippen LogP contribution is -2.13. The lowest BCUT2D eigenvalue weighted by atomic mass is 10.2. The van der Waals surface area contributed by atoms with E-state index in [4.69, 9.17) is 27.9 Å². The summed E-state index contributed by atoms with van der Waals surface area (Å²) in [6.45, 7) is 3.99. The van der Waals surface area contributed by atoms with Crippen LogP contribution in [0.4, 0.5) is 0 Å². The van der Waals surface area contributed by atoms with Crippen molar-refractivity contribution in [2.75, 3.05) is 6.54 Å². The molecule has 1 aromatic carbocycles. The van der Waals surface area contributed by atoms with Crippen LogP contribution in [-0.2, 0) is 13.2 Å². The van der Waals surface area contributed by atoms with Gasteiger partial charge in [0.1, 0.15) is 12.4 Å². The van der Waals surface area contributed by atoms with E-state index < -0.39 is 0 Å². The molecule has 0 amide bonds. The van der Waals surface area contributed by atoms with Gasteiger partial charge in [0.25, 0.3) is 0 Å². The molecule has 3 nitrogen and oxygen atoms in total. The maximum absolute atomic E-state index is 6.20. The molecule has 0 fully saturated rings. The molecule has 102 valence electrons. The van der Waals surface area contributed by atoms with Crippen LogP contribution in [0.2, 0.25) is 10.0 Å². The second-order valence-corrected chi connectivity index (χ2v) is 5.49. The molecule has 6 heteroatoms. The summed E-state index contributed by atoms with van der Waals surface area (Å²) in [5.74, 6) is 0.667. The summed E-state index contributed by atoms with van der Waals surface area (Å²) in [6, 6.07) is 3.56. The first-order valence-electron chi connectivity index (χ1n) is 5.89. The van der Waals surface area contributed by atoms with Crippen LogP contribution in [0.25, 0.3) is 0 Å². The number of nitrogens with one attached hydrogen (secondary N) is 1. The molecule has 0 aliphatic carbocycles. The number of halogens is 2. The van der Waals surface area contributed by atoms with Crippen LogP contribution in [0.1, 0.15) is 18.2 Å². The Morgan fingerprint density at radius 1 is 1.37 bits per heavy atom. The molecule has 0 spiro atoms. The van der Waals surface area contributed by atoms with Crippen molar-refractivity contribution in [2.45, 2.75) is 20.1 Å². The van der Waals surface area contributed by atoms with E-state index in [0.29, 0.717) is 28.9 Å². The molecule has 0 aliphatic heterocycles. The van der Waals surface area contributed by atoms with Crippen LogP contribution in [0.5, 0.6) is 5.75 Å². The average Bonchev–Trinajstić information content (AvgIpc) is 2.88. The van der Waals surface area contributed by atoms with E-state index in [-0.39, 0.29) is 0 Å². The smallest absolute Gasteiger partial charge is 0.143 e. The van der Waals surface area contributed by atoms with Gasteiger partial charge < -0.3 is 10.1 Å². The Balaban J connectivity index is 2.16. The zero-order chi connectivity index (χ0) is 13.7. The van der Waals surface area contributed by atoms with E-state index >= 15 is 0 Å². The topological polar surface area (TPSA) is 34.1 Å². The van der Waals surface area contributed by atoms with Crippen molar-refractivity contribution in [3.05, 3.63) is 44.3 Å². The number of rotatable bonds is 6. The lowest BCUT2D eigenvalue weighted by molar-refractivity contribution is 0.298. The highest BCUT2D eigenvalue weighted by atomic mass is 35.5. The van der Waals surface area contributed by atoms with Gasteiger partial charge in [-0.3, -0.25) is 0 Å². The van der Waals surface area contributed by atoms with Crippen LogP contribution >= 0.6 is 34.5 Å². The normalized spacial score (nSPS) is 10.7. The number of ether oxygens (including phenoxy) is 1. The Labute approximate surface area is 126 Å². The van der Waals surface area contributed by atoms with Gasteiger partial charge in [-0.05, 0) is 18.7 Å². The van der Waals surface area contributed by atoms with E-state index in [1.165, 1.54) is 0 Å². The predicted octanol–water partition coefficient (Wildman–Crippen LogP) is 4.14. The van der Waals surface area contributed by atoms with Gasteiger partial charge in [0.05, 0.1) is 16.2 Å². The Morgan fingerprint density at radius 3 is 2.89 bits per heavy atom. The standard InChI is InChI=1S/C13H14Cl2N2OS/c1-2-16-5-9-3-10(14)4-12(15)13(9)18-6-11-7-19-8-17-11/h3-4,7-8,16H,2,5-6H2,1H3. The van der Waals surface area contributed by atoms with Gasteiger partial charge in [-0.2, -0.15) is 0 Å². The number of thiazole rings is 1. The van der Waals surface area contributed by atoms with Crippen LogP contribution in [-0.4, -0.2) is 11.5 Å². The van der Waals surface area contributed by atoms with Crippen LogP contribution in [0.3, 0.4) is 0 Å². The van der Waals surface area contributed by atoms with Crippen molar-refractivity contribution >= 4 is 34.5 Å². The number of benzene rings is 1. The molecule has 0 atom stereocenters. The highest BCUT2D eigenvalue weighted by molar-refractivity contribution is 7.07. The summed E-state index contributed by atoms with van der Waals surface area (Å²) in [4.78, 5) is 4.18. The SMILES string of the molecule is CCNCc1cc(Cl)cc(Cl)c1OCc1cscn1. The molecule has 0 unspecified atom stereocenters. The first-order valence-corrected chi connectivity index (χ1v) is 7.59. The van der Waals surface area contributed by atoms with E-state index in [0.717, 1.165) is 17.8 Å². The minimum absolute atomic E-state index is 0.407. The minimum Gasteiger partial charge on any atom is -0.485 e. The lowest BCUT2D eigenvalue weighted by Gasteiger charge is -2.13. The summed E-state index contributed by atoms with van der Waals surface area (Å²) in [5.41, 5.74) is 3.63. The Morgan fingerprint density at radius 2 is 2.21 bits per heavy atom. The Bertz CT molecular complexity index is 532. The zero-order valence-electron chi connectivity index (χ0n) is 10.5. The third-order valence-electron chi connectivity index (χ3n) is 2.50. The number of hydrogen-bond acceptors (Lipinski definition) is 4. The van der Waals surface area contributed by atoms with Gasteiger partial charge in [0.15, 0.2) is 0 Å². The van der Waals surface area contributed by atoms with E-state index in [9.17, 15) is 0 Å². The third kappa shape index (κ3) is 4.08. The molecule has 19 heavy (non-hydrogen) atoms. The number of nitrogens with zero attached hydrogens (tertiary/aromatic N) is 1. The molecule has 2 rings (SSSR count). The Hall–Kier alpha value is -0.810. The summed E-state index contributed by atoms with van der Waals surface area (Å²) < 4.78 is 5.78. The fraction of sp³-hybridized carbons (Fsp3) is 0.308. The van der Waals surface area contributed by atoms with Gasteiger partial charge in [-0.25, -0.2) is 4.98 Å². The monoisotopic (exact) mass is 316 g/mol. The highest BCUT2D eigenvalue weighted by Crippen LogP contribution is 2.33. The van der Waals surface area contributed by atoms with Crippen LogP contribution < -0.4 is 10.1 Å². The van der Waals surface area contributed by atoms with Crippen molar-refractivity contribution in [1.29, 1.82) is 0 Å². The first kappa shape index (κ1) is 14.6. The maximum Gasteiger partial charge on any atom is 0.143 e. The molecule has 0 bridgehead atoms. The van der Waals surface area contributed by atoms with Crippen molar-refractivity contribution in [1.82, 2.24) is 10.3 Å². The molecular weight excluding hydrogens is 303 g/mol. The molecule has 0 aliphatic rings. The molecule has 1 N–H and O–H groups in total. The first-order chi connectivity index (χ1) is 9.20. The Kier molecular flexibility index (Phi) is 5.45. The fourth-order valence-electron chi connectivity index (χ4n) is 1.62. The predicted molar refractivity (Wildman–Crippen MR) is 80.3 cm³/mol. The van der Waals surface area contributed by atoms with E-state index in [2.05, 4.69) is 10.3 Å². The fourth-order valence-corrected chi connectivity index (χ4v) is 2.75. The van der Waals surface area contributed by atoms with Crippen molar-refractivity contribution < 1.29 is 4.74 Å². The third-order valence-corrected chi connectivity index (χ3v) is 3.63. The molecule has 1 heterocycles. The molecular formula is C13H14Cl2N2OS. The zero-order valence-corrected chi connectivity index (χ0v) is 12.8. The van der Waals surface area contributed by atoms with Gasteiger partial charge in [0.2, 0.25) is 0 Å². The van der Waals surface area contributed by atoms with Gasteiger partial charge in [0, 0.05) is 22.5 Å². The van der Waals surface area contributed by atoms with Crippen LogP contribution in [0.15, 0.2) is 23.0 Å². The number of aromatic nitrogens is 1. The molecule has 1 aromatic heterocycles. The van der Waals surface area contributed by atoms with Crippen molar-refractivity contribution in [3.63, 3.8) is 0 Å². The molecule has 0 saturated carbocycles. The highest BCUT2D eigenvalue weighted by Gasteiger charge is 2.11. The molecule has 0 radical (unpaired) electrons. The van der Waals surface area contributed by atoms with Gasteiger partial charge >= 0.3 is 0 Å².